The lowest BCUT2D eigenvalue weighted by Gasteiger charge is -2.18. The molecule has 5 heteroatoms. The lowest BCUT2D eigenvalue weighted by molar-refractivity contribution is 0.0964. The second-order valence-corrected chi connectivity index (χ2v) is 6.82. The molecule has 0 fully saturated rings. The van der Waals surface area contributed by atoms with Gasteiger partial charge >= 0.3 is 5.63 Å². The van der Waals surface area contributed by atoms with E-state index < -0.39 is 5.63 Å². The van der Waals surface area contributed by atoms with Crippen molar-refractivity contribution in [3.63, 3.8) is 0 Å². The molecule has 5 nitrogen and oxygen atoms in total. The van der Waals surface area contributed by atoms with Crippen LogP contribution in [0.1, 0.15) is 33.9 Å². The van der Waals surface area contributed by atoms with Crippen molar-refractivity contribution in [3.8, 4) is 0 Å². The number of nitrogens with zero attached hydrogens (tertiary/aromatic N) is 1. The van der Waals surface area contributed by atoms with Gasteiger partial charge < -0.3 is 9.73 Å². The lowest BCUT2D eigenvalue weighted by atomic mass is 9.98. The summed E-state index contributed by atoms with van der Waals surface area (Å²) >= 11 is 0. The summed E-state index contributed by atoms with van der Waals surface area (Å²) in [4.78, 5) is 29.5. The molecule has 0 saturated heterocycles. The summed E-state index contributed by atoms with van der Waals surface area (Å²) in [6.07, 6.45) is 3.66. The molecule has 0 saturated carbocycles. The summed E-state index contributed by atoms with van der Waals surface area (Å²) in [6, 6.07) is 22.1. The molecule has 144 valence electrons. The van der Waals surface area contributed by atoms with Gasteiger partial charge in [0.15, 0.2) is 5.78 Å². The summed E-state index contributed by atoms with van der Waals surface area (Å²) < 4.78 is 5.33. The lowest BCUT2D eigenvalue weighted by Crippen LogP contribution is -2.25. The Morgan fingerprint density at radius 1 is 1.00 bits per heavy atom. The van der Waals surface area contributed by atoms with Gasteiger partial charge in [0.25, 0.3) is 0 Å². The number of hydrogen-bond donors (Lipinski definition) is 1. The van der Waals surface area contributed by atoms with Crippen LogP contribution in [0.3, 0.4) is 0 Å². The molecule has 2 heterocycles. The molecule has 0 spiro atoms. The van der Waals surface area contributed by atoms with E-state index in [9.17, 15) is 9.59 Å². The fourth-order valence-corrected chi connectivity index (χ4v) is 3.29. The van der Waals surface area contributed by atoms with E-state index in [2.05, 4.69) is 10.3 Å². The summed E-state index contributed by atoms with van der Waals surface area (Å²) in [5.74, 6) is -0.253. The molecule has 2 aromatic carbocycles. The highest BCUT2D eigenvalue weighted by Crippen LogP contribution is 2.21. The predicted molar refractivity (Wildman–Crippen MR) is 112 cm³/mol. The van der Waals surface area contributed by atoms with Gasteiger partial charge in [-0.3, -0.25) is 9.78 Å². The minimum absolute atomic E-state index is 0.0767. The third-order valence-electron chi connectivity index (χ3n) is 4.81. The highest BCUT2D eigenvalue weighted by Gasteiger charge is 2.20. The number of carbonyl (C=O) groups excluding carboxylic acids is 1. The van der Waals surface area contributed by atoms with E-state index in [0.29, 0.717) is 12.1 Å². The zero-order valence-corrected chi connectivity index (χ0v) is 15.7. The number of Topliss-reactive ketones (excluding diaryl/α,β-unsaturated/α-hetero) is 1. The number of aromatic nitrogens is 1. The average molecular weight is 384 g/mol. The van der Waals surface area contributed by atoms with E-state index in [1.165, 1.54) is 0 Å². The number of ketones is 1. The Morgan fingerprint density at radius 2 is 1.79 bits per heavy atom. The first-order valence-corrected chi connectivity index (χ1v) is 9.44. The van der Waals surface area contributed by atoms with Crippen LogP contribution in [0.15, 0.2) is 94.4 Å². The third-order valence-corrected chi connectivity index (χ3v) is 4.81. The fourth-order valence-electron chi connectivity index (χ4n) is 3.29. The molecule has 2 aromatic heterocycles. The summed E-state index contributed by atoms with van der Waals surface area (Å²) in [7, 11) is 0. The van der Waals surface area contributed by atoms with Gasteiger partial charge in [0.1, 0.15) is 11.1 Å². The zero-order chi connectivity index (χ0) is 20.1. The van der Waals surface area contributed by atoms with E-state index in [1.807, 2.05) is 54.6 Å². The van der Waals surface area contributed by atoms with Crippen LogP contribution in [-0.2, 0) is 6.54 Å². The highest BCUT2D eigenvalue weighted by atomic mass is 16.4. The topological polar surface area (TPSA) is 72.2 Å². The van der Waals surface area contributed by atoms with Crippen molar-refractivity contribution in [2.45, 2.75) is 19.0 Å². The maximum atomic E-state index is 13.0. The Kier molecular flexibility index (Phi) is 5.59. The third kappa shape index (κ3) is 4.47. The zero-order valence-electron chi connectivity index (χ0n) is 15.7. The Balaban J connectivity index is 1.59. The van der Waals surface area contributed by atoms with Crippen molar-refractivity contribution < 1.29 is 9.21 Å². The van der Waals surface area contributed by atoms with Gasteiger partial charge in [0, 0.05) is 36.8 Å². The fraction of sp³-hybridized carbons (Fsp3) is 0.125. The van der Waals surface area contributed by atoms with Crippen LogP contribution in [0.4, 0.5) is 0 Å². The smallest absolute Gasteiger partial charge is 0.347 e. The molecular weight excluding hydrogens is 364 g/mol. The molecule has 0 aliphatic heterocycles. The van der Waals surface area contributed by atoms with Gasteiger partial charge in [0.2, 0.25) is 0 Å². The molecule has 1 N–H and O–H groups in total. The molecule has 0 aliphatic carbocycles. The minimum Gasteiger partial charge on any atom is -0.422 e. The SMILES string of the molecule is O=C(C[C@H](NCc1cccnc1)c1ccccc1)c1cc2ccccc2oc1=O. The largest absolute Gasteiger partial charge is 0.422 e. The van der Waals surface area contributed by atoms with Gasteiger partial charge in [-0.1, -0.05) is 54.6 Å². The maximum Gasteiger partial charge on any atom is 0.347 e. The number of pyridine rings is 1. The van der Waals surface area contributed by atoms with Crippen molar-refractivity contribution in [1.82, 2.24) is 10.3 Å². The van der Waals surface area contributed by atoms with E-state index in [4.69, 9.17) is 4.42 Å². The standard InChI is InChI=1S/C24H20N2O3/c27-22(20-13-19-10-4-5-11-23(19)29-24(20)28)14-21(18-8-2-1-3-9-18)26-16-17-7-6-12-25-15-17/h1-13,15,21,26H,14,16H2/t21-/m0/s1. The van der Waals surface area contributed by atoms with Crippen molar-refractivity contribution in [3.05, 3.63) is 112 Å². The first-order chi connectivity index (χ1) is 14.2. The van der Waals surface area contributed by atoms with Crippen LogP contribution in [0.25, 0.3) is 11.0 Å². The van der Waals surface area contributed by atoms with Gasteiger partial charge in [-0.25, -0.2) is 4.79 Å². The van der Waals surface area contributed by atoms with Crippen LogP contribution >= 0.6 is 0 Å². The number of fused-ring (bicyclic) bond motifs is 1. The Hall–Kier alpha value is -3.57. The van der Waals surface area contributed by atoms with Gasteiger partial charge in [-0.05, 0) is 29.3 Å². The minimum atomic E-state index is -0.604. The molecular formula is C24H20N2O3. The van der Waals surface area contributed by atoms with Crippen LogP contribution in [-0.4, -0.2) is 10.8 Å². The Bertz CT molecular complexity index is 1170. The van der Waals surface area contributed by atoms with Crippen molar-refractivity contribution in [2.75, 3.05) is 0 Å². The van der Waals surface area contributed by atoms with Gasteiger partial charge in [-0.15, -0.1) is 0 Å². The molecule has 4 rings (SSSR count). The van der Waals surface area contributed by atoms with E-state index in [1.54, 1.807) is 30.6 Å². The number of carbonyl (C=O) groups is 1. The van der Waals surface area contributed by atoms with E-state index in [0.717, 1.165) is 16.5 Å². The predicted octanol–water partition coefficient (Wildman–Crippen LogP) is 4.29. The molecule has 1 atom stereocenters. The molecule has 0 amide bonds. The maximum absolute atomic E-state index is 13.0. The molecule has 0 bridgehead atoms. The first kappa shape index (κ1) is 18.8. The molecule has 0 unspecified atom stereocenters. The molecule has 0 radical (unpaired) electrons. The number of benzene rings is 2. The number of para-hydroxylation sites is 1. The second kappa shape index (κ2) is 8.63. The Labute approximate surface area is 168 Å². The summed E-state index contributed by atoms with van der Waals surface area (Å²) in [5.41, 5.74) is 1.95. The van der Waals surface area contributed by atoms with Gasteiger partial charge in [-0.2, -0.15) is 0 Å². The molecule has 0 aliphatic rings. The van der Waals surface area contributed by atoms with Crippen molar-refractivity contribution in [2.24, 2.45) is 0 Å². The average Bonchev–Trinajstić information content (AvgIpc) is 2.77. The number of rotatable bonds is 7. The van der Waals surface area contributed by atoms with Crippen molar-refractivity contribution in [1.29, 1.82) is 0 Å². The highest BCUT2D eigenvalue weighted by molar-refractivity contribution is 5.98. The second-order valence-electron chi connectivity index (χ2n) is 6.82. The quantitative estimate of drug-likeness (QED) is 0.380. The van der Waals surface area contributed by atoms with Crippen LogP contribution in [0.2, 0.25) is 0 Å². The first-order valence-electron chi connectivity index (χ1n) is 9.44. The van der Waals surface area contributed by atoms with Crippen LogP contribution in [0.5, 0.6) is 0 Å². The summed E-state index contributed by atoms with van der Waals surface area (Å²) in [5, 5.41) is 4.15. The number of hydrogen-bond acceptors (Lipinski definition) is 5. The van der Waals surface area contributed by atoms with Gasteiger partial charge in [0.05, 0.1) is 0 Å². The van der Waals surface area contributed by atoms with Crippen LogP contribution < -0.4 is 10.9 Å². The van der Waals surface area contributed by atoms with E-state index >= 15 is 0 Å². The molecule has 4 aromatic rings. The normalized spacial score (nSPS) is 12.0. The summed E-state index contributed by atoms with van der Waals surface area (Å²) in [6.45, 7) is 0.563. The van der Waals surface area contributed by atoms with E-state index in [-0.39, 0.29) is 23.8 Å². The van der Waals surface area contributed by atoms with Crippen LogP contribution in [0, 0.1) is 0 Å². The monoisotopic (exact) mass is 384 g/mol. The van der Waals surface area contributed by atoms with Crippen molar-refractivity contribution >= 4 is 16.8 Å². The molecule has 29 heavy (non-hydrogen) atoms. The Morgan fingerprint density at radius 3 is 2.59 bits per heavy atom. The number of nitrogens with one attached hydrogen (secondary N) is 1.